The van der Waals surface area contributed by atoms with Gasteiger partial charge >= 0.3 is 0 Å². The van der Waals surface area contributed by atoms with Crippen LogP contribution >= 0.6 is 11.6 Å². The Hall–Kier alpha value is -8.77. The van der Waals surface area contributed by atoms with Gasteiger partial charge in [-0.25, -0.2) is 0 Å². The van der Waals surface area contributed by atoms with E-state index in [1.165, 1.54) is 10.8 Å². The third-order valence-corrected chi connectivity index (χ3v) is 13.2. The van der Waals surface area contributed by atoms with E-state index in [0.717, 1.165) is 95.6 Å². The molecule has 0 unspecified atom stereocenters. The molecule has 0 saturated carbocycles. The highest BCUT2D eigenvalue weighted by Gasteiger charge is 2.31. The molecule has 0 aliphatic rings. The normalized spacial score (nSPS) is 11.3. The number of H-pyrrole nitrogens is 2. The maximum Gasteiger partial charge on any atom is 0.115 e. The molecule has 0 amide bonds. The molecule has 0 atom stereocenters. The van der Waals surface area contributed by atoms with Crippen molar-refractivity contribution in [1.82, 2.24) is 14.5 Å². The van der Waals surface area contributed by atoms with E-state index < -0.39 is 0 Å². The van der Waals surface area contributed by atoms with Crippen molar-refractivity contribution in [3.8, 4) is 50.2 Å². The van der Waals surface area contributed by atoms with Gasteiger partial charge in [0.05, 0.1) is 44.5 Å². The first-order chi connectivity index (χ1) is 33.7. The van der Waals surface area contributed by atoms with Crippen LogP contribution in [0, 0.1) is 0 Å². The number of nitrogens with one attached hydrogen (secondary N) is 2. The zero-order valence-corrected chi connectivity index (χ0v) is 37.7. The predicted molar refractivity (Wildman–Crippen MR) is 286 cm³/mol. The smallest absolute Gasteiger partial charge is 0.115 e. The highest BCUT2D eigenvalue weighted by atomic mass is 35.5. The first kappa shape index (κ1) is 40.7. The van der Waals surface area contributed by atoms with Crippen molar-refractivity contribution in [1.29, 1.82) is 0 Å². The molecule has 0 aliphatic heterocycles. The second kappa shape index (κ2) is 17.6. The fraction of sp³-hybridized carbons (Fsp3) is 0. The quantitative estimate of drug-likeness (QED) is 0.136. The van der Waals surface area contributed by atoms with Crippen molar-refractivity contribution in [3.63, 3.8) is 0 Å². The van der Waals surface area contributed by atoms with Crippen LogP contribution in [0.5, 0.6) is 0 Å². The predicted octanol–water partition coefficient (Wildman–Crippen LogP) is 17.7. The average Bonchev–Trinajstić information content (AvgIpc) is 4.21. The summed E-state index contributed by atoms with van der Waals surface area (Å²) >= 11 is 8.37. The van der Waals surface area contributed by atoms with Gasteiger partial charge in [-0.3, -0.25) is 9.80 Å². The van der Waals surface area contributed by atoms with Crippen molar-refractivity contribution in [2.24, 2.45) is 0 Å². The molecule has 12 rings (SSSR count). The van der Waals surface area contributed by atoms with Crippen LogP contribution in [0.2, 0.25) is 5.02 Å². The highest BCUT2D eigenvalue weighted by Crippen LogP contribution is 2.54. The van der Waals surface area contributed by atoms with Crippen LogP contribution in [0.1, 0.15) is 0 Å². The Labute approximate surface area is 400 Å². The fourth-order valence-corrected chi connectivity index (χ4v) is 10.1. The zero-order valence-electron chi connectivity index (χ0n) is 37.0. The number of nitrogens with zero attached hydrogens (tertiary/aromatic N) is 3. The molecule has 324 valence electrons. The number of aromatic nitrogens is 3. The Bertz CT molecular complexity index is 3320. The Morgan fingerprint density at radius 3 is 1.01 bits per heavy atom. The summed E-state index contributed by atoms with van der Waals surface area (Å²) in [5.74, 6) is 1.72. The van der Waals surface area contributed by atoms with Gasteiger partial charge in [0.2, 0.25) is 0 Å². The van der Waals surface area contributed by atoms with Gasteiger partial charge in [0, 0.05) is 45.4 Å². The molecule has 0 aliphatic carbocycles. The molecule has 0 radical (unpaired) electrons. The summed E-state index contributed by atoms with van der Waals surface area (Å²) in [5, 5.41) is 2.90. The van der Waals surface area contributed by atoms with Gasteiger partial charge in [-0.15, -0.1) is 0 Å². The lowest BCUT2D eigenvalue weighted by molar-refractivity contribution is 1.14. The lowest BCUT2D eigenvalue weighted by atomic mass is 9.94. The standard InChI is InChI=1S/C62H44ClN5/c63-60-56(67(58-37-19-39-64-58)61-48(43-21-5-1-6-22-43)31-17-32-49(61)44-23-7-2-8-24-44)41-47(66-54-35-15-13-29-52(54)53-30-14-16-36-55(53)66)42-57(60)68(59-38-20-40-65-59)62-50(45-25-9-3-10-26-45)33-18-34-51(62)46-27-11-4-12-28-46/h1-42,64-65H. The van der Waals surface area contributed by atoms with Crippen molar-refractivity contribution in [3.05, 3.63) is 260 Å². The Morgan fingerprint density at radius 2 is 0.676 bits per heavy atom. The Kier molecular flexibility index (Phi) is 10.5. The number of para-hydroxylation sites is 4. The molecule has 68 heavy (non-hydrogen) atoms. The van der Waals surface area contributed by atoms with E-state index in [-0.39, 0.29) is 0 Å². The van der Waals surface area contributed by atoms with Crippen LogP contribution in [0.15, 0.2) is 255 Å². The van der Waals surface area contributed by atoms with Gasteiger partial charge in [-0.2, -0.15) is 0 Å². The van der Waals surface area contributed by atoms with Crippen LogP contribution < -0.4 is 9.80 Å². The third-order valence-electron chi connectivity index (χ3n) is 12.8. The maximum absolute atomic E-state index is 8.37. The second-order valence-corrected chi connectivity index (χ2v) is 17.2. The number of hydrogen-bond donors (Lipinski definition) is 2. The molecule has 3 aromatic heterocycles. The van der Waals surface area contributed by atoms with E-state index in [1.54, 1.807) is 0 Å². The molecule has 12 aromatic rings. The molecular weight excluding hydrogens is 850 g/mol. The van der Waals surface area contributed by atoms with Gasteiger partial charge in [0.25, 0.3) is 0 Å². The topological polar surface area (TPSA) is 43.0 Å². The highest BCUT2D eigenvalue weighted by molar-refractivity contribution is 6.37. The van der Waals surface area contributed by atoms with E-state index in [4.69, 9.17) is 11.6 Å². The number of benzene rings is 9. The number of anilines is 6. The molecule has 5 nitrogen and oxygen atoms in total. The Morgan fingerprint density at radius 1 is 0.338 bits per heavy atom. The Balaban J connectivity index is 1.24. The maximum atomic E-state index is 8.37. The minimum Gasteiger partial charge on any atom is -0.348 e. The largest absolute Gasteiger partial charge is 0.348 e. The third kappa shape index (κ3) is 7.14. The van der Waals surface area contributed by atoms with E-state index in [1.807, 2.05) is 12.4 Å². The zero-order chi connectivity index (χ0) is 45.4. The molecule has 0 fully saturated rings. The summed E-state index contributed by atoms with van der Waals surface area (Å²) < 4.78 is 2.39. The second-order valence-electron chi connectivity index (χ2n) is 16.8. The first-order valence-corrected chi connectivity index (χ1v) is 23.3. The SMILES string of the molecule is Clc1c(N(c2ccc[nH]2)c2c(-c3ccccc3)cccc2-c2ccccc2)cc(-n2c3ccccc3c3ccccc32)cc1N(c1ccc[nH]1)c1c(-c2ccccc2)cccc1-c1ccccc1. The van der Waals surface area contributed by atoms with Gasteiger partial charge in [0.1, 0.15) is 11.6 Å². The molecule has 0 saturated heterocycles. The molecule has 9 aromatic carbocycles. The van der Waals surface area contributed by atoms with E-state index in [9.17, 15) is 0 Å². The molecule has 0 bridgehead atoms. The van der Waals surface area contributed by atoms with Gasteiger partial charge in [0.15, 0.2) is 0 Å². The molecule has 0 spiro atoms. The van der Waals surface area contributed by atoms with Crippen molar-refractivity contribution in [2.75, 3.05) is 9.80 Å². The summed E-state index contributed by atoms with van der Waals surface area (Å²) in [6.45, 7) is 0. The lowest BCUT2D eigenvalue weighted by Crippen LogP contribution is -2.18. The fourth-order valence-electron chi connectivity index (χ4n) is 9.87. The van der Waals surface area contributed by atoms with Crippen LogP contribution in [0.25, 0.3) is 72.0 Å². The summed E-state index contributed by atoms with van der Waals surface area (Å²) in [6, 6.07) is 85.9. The van der Waals surface area contributed by atoms with E-state index in [0.29, 0.717) is 5.02 Å². The number of rotatable bonds is 11. The van der Waals surface area contributed by atoms with Crippen LogP contribution in [-0.4, -0.2) is 14.5 Å². The number of aromatic amines is 2. The van der Waals surface area contributed by atoms with Crippen molar-refractivity contribution < 1.29 is 0 Å². The van der Waals surface area contributed by atoms with Crippen LogP contribution in [0.4, 0.5) is 34.4 Å². The minimum atomic E-state index is 0.558. The summed E-state index contributed by atoms with van der Waals surface area (Å²) in [7, 11) is 0. The number of halogens is 1. The number of fused-ring (bicyclic) bond motifs is 3. The molecule has 3 heterocycles. The number of hydrogen-bond acceptors (Lipinski definition) is 2. The molecular formula is C62H44ClN5. The van der Waals surface area contributed by atoms with Gasteiger partial charge < -0.3 is 14.5 Å². The van der Waals surface area contributed by atoms with E-state index >= 15 is 0 Å². The molecule has 2 N–H and O–H groups in total. The van der Waals surface area contributed by atoms with Crippen molar-refractivity contribution in [2.45, 2.75) is 0 Å². The monoisotopic (exact) mass is 893 g/mol. The minimum absolute atomic E-state index is 0.558. The summed E-state index contributed by atoms with van der Waals surface area (Å²) in [6.07, 6.45) is 3.96. The summed E-state index contributed by atoms with van der Waals surface area (Å²) in [4.78, 5) is 11.9. The first-order valence-electron chi connectivity index (χ1n) is 22.9. The molecule has 6 heteroatoms. The van der Waals surface area contributed by atoms with Gasteiger partial charge in [-0.05, 0) is 70.8 Å². The van der Waals surface area contributed by atoms with E-state index in [2.05, 4.69) is 267 Å². The van der Waals surface area contributed by atoms with Gasteiger partial charge in [-0.1, -0.05) is 206 Å². The average molecular weight is 895 g/mol. The van der Waals surface area contributed by atoms with Crippen LogP contribution in [0.3, 0.4) is 0 Å². The van der Waals surface area contributed by atoms with Crippen LogP contribution in [-0.2, 0) is 0 Å². The van der Waals surface area contributed by atoms with Crippen molar-refractivity contribution >= 4 is 67.8 Å². The summed E-state index contributed by atoms with van der Waals surface area (Å²) in [5.41, 5.74) is 15.3. The lowest BCUT2D eigenvalue weighted by Gasteiger charge is -2.34.